The zero-order valence-corrected chi connectivity index (χ0v) is 13.0. The van der Waals surface area contributed by atoms with E-state index in [0.29, 0.717) is 6.42 Å². The lowest BCUT2D eigenvalue weighted by molar-refractivity contribution is -0.388. The van der Waals surface area contributed by atoms with Gasteiger partial charge in [-0.15, -0.1) is 0 Å². The molecule has 1 fully saturated rings. The minimum atomic E-state index is -3.56. The van der Waals surface area contributed by atoms with Crippen LogP contribution in [0.15, 0.2) is 6.20 Å². The van der Waals surface area contributed by atoms with Gasteiger partial charge in [0.2, 0.25) is 6.29 Å². The van der Waals surface area contributed by atoms with Gasteiger partial charge in [0.15, 0.2) is 5.69 Å². The van der Waals surface area contributed by atoms with E-state index in [1.807, 2.05) is 6.92 Å². The molecule has 0 saturated carbocycles. The molecular formula is C12H21N3O7S. The van der Waals surface area contributed by atoms with E-state index in [9.17, 15) is 18.5 Å². The van der Waals surface area contributed by atoms with Crippen molar-refractivity contribution in [1.29, 1.82) is 0 Å². The molecule has 0 aliphatic carbocycles. The molecule has 1 aliphatic rings. The Labute approximate surface area is 134 Å². The van der Waals surface area contributed by atoms with E-state index in [1.165, 1.54) is 0 Å². The molecule has 2 rings (SSSR count). The summed E-state index contributed by atoms with van der Waals surface area (Å²) in [6.45, 7) is 2.09. The maximum atomic E-state index is 11.1. The second-order valence-corrected chi connectivity index (χ2v) is 6.84. The molecular weight excluding hydrogens is 330 g/mol. The summed E-state index contributed by atoms with van der Waals surface area (Å²) in [4.78, 5) is 10.3. The standard InChI is InChI=1S/C11H17N3O7S.CH4/c1-3-11(7-21-22(2,17)18)5-19-10(20-6-11)9-8(14(15)16)4-12-13-9;/h4,10H,3,5-7H2,1-2H3,(H,12,13);1H4. The van der Waals surface area contributed by atoms with Gasteiger partial charge >= 0.3 is 5.69 Å². The predicted octanol–water partition coefficient (Wildman–Crippen LogP) is 1.37. The summed E-state index contributed by atoms with van der Waals surface area (Å²) in [5.41, 5.74) is -0.714. The highest BCUT2D eigenvalue weighted by Gasteiger charge is 2.39. The molecule has 0 aromatic carbocycles. The highest BCUT2D eigenvalue weighted by atomic mass is 32.2. The average molecular weight is 351 g/mol. The van der Waals surface area contributed by atoms with E-state index in [2.05, 4.69) is 10.2 Å². The Kier molecular flexibility index (Phi) is 6.22. The molecule has 1 aromatic rings. The number of nitrogens with one attached hydrogen (secondary N) is 1. The van der Waals surface area contributed by atoms with Crippen molar-refractivity contribution in [2.45, 2.75) is 27.1 Å². The van der Waals surface area contributed by atoms with Crippen molar-refractivity contribution in [3.63, 3.8) is 0 Å². The SMILES string of the molecule is C.CCC1(COS(C)(=O)=O)COC(c2[nH]ncc2[N+](=O)[O-])OC1. The first-order chi connectivity index (χ1) is 10.3. The molecule has 0 radical (unpaired) electrons. The second-order valence-electron chi connectivity index (χ2n) is 5.20. The molecule has 1 saturated heterocycles. The van der Waals surface area contributed by atoms with Crippen molar-refractivity contribution in [3.05, 3.63) is 22.0 Å². The smallest absolute Gasteiger partial charge is 0.315 e. The van der Waals surface area contributed by atoms with E-state index >= 15 is 0 Å². The fourth-order valence-corrected chi connectivity index (χ4v) is 2.46. The molecule has 1 N–H and O–H groups in total. The van der Waals surface area contributed by atoms with E-state index in [1.54, 1.807) is 0 Å². The van der Waals surface area contributed by atoms with Crippen molar-refractivity contribution in [2.75, 3.05) is 26.1 Å². The number of hydrogen-bond donors (Lipinski definition) is 1. The Hall–Kier alpha value is -1.56. The summed E-state index contributed by atoms with van der Waals surface area (Å²) in [5, 5.41) is 17.0. The fourth-order valence-electron chi connectivity index (χ4n) is 1.99. The van der Waals surface area contributed by atoms with Crippen molar-refractivity contribution in [1.82, 2.24) is 10.2 Å². The molecule has 2 heterocycles. The van der Waals surface area contributed by atoms with Gasteiger partial charge in [-0.05, 0) is 6.42 Å². The van der Waals surface area contributed by atoms with E-state index in [-0.39, 0.29) is 38.6 Å². The third kappa shape index (κ3) is 4.70. The van der Waals surface area contributed by atoms with Crippen LogP contribution >= 0.6 is 0 Å². The van der Waals surface area contributed by atoms with Gasteiger partial charge in [0.25, 0.3) is 10.1 Å². The van der Waals surface area contributed by atoms with Gasteiger partial charge in [0.1, 0.15) is 6.20 Å². The van der Waals surface area contributed by atoms with Gasteiger partial charge in [-0.1, -0.05) is 14.4 Å². The molecule has 23 heavy (non-hydrogen) atoms. The lowest BCUT2D eigenvalue weighted by Gasteiger charge is -2.38. The maximum absolute atomic E-state index is 11.1. The van der Waals surface area contributed by atoms with E-state index in [0.717, 1.165) is 12.5 Å². The number of rotatable bonds is 6. The third-order valence-electron chi connectivity index (χ3n) is 3.49. The zero-order chi connectivity index (χ0) is 16.4. The molecule has 0 atom stereocenters. The minimum Gasteiger partial charge on any atom is -0.346 e. The highest BCUT2D eigenvalue weighted by molar-refractivity contribution is 7.85. The summed E-state index contributed by atoms with van der Waals surface area (Å²) in [6, 6.07) is 0. The van der Waals surface area contributed by atoms with Crippen LogP contribution in [-0.2, 0) is 23.8 Å². The summed E-state index contributed by atoms with van der Waals surface area (Å²) in [7, 11) is -3.56. The number of nitro groups is 1. The zero-order valence-electron chi connectivity index (χ0n) is 12.1. The molecule has 0 bridgehead atoms. The van der Waals surface area contributed by atoms with Crippen LogP contribution in [0, 0.1) is 15.5 Å². The molecule has 1 aliphatic heterocycles. The normalized spacial score (nSPS) is 24.9. The highest BCUT2D eigenvalue weighted by Crippen LogP contribution is 2.36. The van der Waals surface area contributed by atoms with Gasteiger partial charge in [-0.2, -0.15) is 13.5 Å². The topological polar surface area (TPSA) is 134 Å². The molecule has 132 valence electrons. The monoisotopic (exact) mass is 351 g/mol. The van der Waals surface area contributed by atoms with Gasteiger partial charge < -0.3 is 9.47 Å². The summed E-state index contributed by atoms with van der Waals surface area (Å²) in [6.07, 6.45) is 1.68. The third-order valence-corrected chi connectivity index (χ3v) is 4.04. The van der Waals surface area contributed by atoms with E-state index < -0.39 is 26.7 Å². The van der Waals surface area contributed by atoms with Crippen LogP contribution in [0.25, 0.3) is 0 Å². The molecule has 0 amide bonds. The number of nitrogens with zero attached hydrogens (tertiary/aromatic N) is 2. The van der Waals surface area contributed by atoms with Crippen molar-refractivity contribution < 1.29 is 27.0 Å². The Morgan fingerprint density at radius 3 is 2.61 bits per heavy atom. The lowest BCUT2D eigenvalue weighted by Crippen LogP contribution is -2.42. The molecule has 0 unspecified atom stereocenters. The summed E-state index contributed by atoms with van der Waals surface area (Å²) < 4.78 is 38.1. The first kappa shape index (κ1) is 19.5. The van der Waals surface area contributed by atoms with Crippen LogP contribution in [-0.4, -0.2) is 49.6 Å². The van der Waals surface area contributed by atoms with Gasteiger partial charge in [-0.3, -0.25) is 19.4 Å². The number of aromatic amines is 1. The first-order valence-electron chi connectivity index (χ1n) is 6.51. The molecule has 0 spiro atoms. The van der Waals surface area contributed by atoms with Crippen LogP contribution in [0.4, 0.5) is 5.69 Å². The van der Waals surface area contributed by atoms with Crippen LogP contribution < -0.4 is 0 Å². The minimum absolute atomic E-state index is 0. The Morgan fingerprint density at radius 1 is 1.52 bits per heavy atom. The van der Waals surface area contributed by atoms with Crippen LogP contribution in [0.2, 0.25) is 0 Å². The number of aromatic nitrogens is 2. The van der Waals surface area contributed by atoms with Crippen LogP contribution in [0.1, 0.15) is 32.8 Å². The molecule has 11 heteroatoms. The quantitative estimate of drug-likeness (QED) is 0.461. The number of hydrogen-bond acceptors (Lipinski definition) is 8. The largest absolute Gasteiger partial charge is 0.346 e. The molecule has 10 nitrogen and oxygen atoms in total. The second kappa shape index (κ2) is 7.34. The Morgan fingerprint density at radius 2 is 2.13 bits per heavy atom. The van der Waals surface area contributed by atoms with Gasteiger partial charge in [0.05, 0.1) is 31.0 Å². The molecule has 1 aromatic heterocycles. The van der Waals surface area contributed by atoms with Gasteiger partial charge in [-0.25, -0.2) is 0 Å². The van der Waals surface area contributed by atoms with Gasteiger partial charge in [0, 0.05) is 5.41 Å². The van der Waals surface area contributed by atoms with Crippen molar-refractivity contribution in [3.8, 4) is 0 Å². The summed E-state index contributed by atoms with van der Waals surface area (Å²) in [5.74, 6) is 0. The Balaban J connectivity index is 0.00000264. The van der Waals surface area contributed by atoms with Crippen LogP contribution in [0.5, 0.6) is 0 Å². The van der Waals surface area contributed by atoms with Crippen molar-refractivity contribution in [2.24, 2.45) is 5.41 Å². The summed E-state index contributed by atoms with van der Waals surface area (Å²) >= 11 is 0. The van der Waals surface area contributed by atoms with Crippen molar-refractivity contribution >= 4 is 15.8 Å². The predicted molar refractivity (Wildman–Crippen MR) is 80.1 cm³/mol. The number of H-pyrrole nitrogens is 1. The fraction of sp³-hybridized carbons (Fsp3) is 0.750. The average Bonchev–Trinajstić information content (AvgIpc) is 2.94. The first-order valence-corrected chi connectivity index (χ1v) is 8.33. The van der Waals surface area contributed by atoms with E-state index in [4.69, 9.17) is 13.7 Å². The lowest BCUT2D eigenvalue weighted by atomic mass is 9.87. The number of ether oxygens (including phenoxy) is 2. The maximum Gasteiger partial charge on any atom is 0.315 e. The van der Waals surface area contributed by atoms with Crippen LogP contribution in [0.3, 0.4) is 0 Å². The Bertz CT molecular complexity index is 635.